The van der Waals surface area contributed by atoms with Crippen LogP contribution in [0.15, 0.2) is 24.3 Å². The fraction of sp³-hybridized carbons (Fsp3) is 0.571. The van der Waals surface area contributed by atoms with E-state index in [1.165, 1.54) is 4.90 Å². The van der Waals surface area contributed by atoms with Crippen molar-refractivity contribution in [3.8, 4) is 0 Å². The first-order chi connectivity index (χ1) is 13.8. The fourth-order valence-electron chi connectivity index (χ4n) is 4.29. The number of carboxylic acid groups (broad SMARTS) is 1. The highest BCUT2D eigenvalue weighted by molar-refractivity contribution is 6.30. The van der Waals surface area contributed by atoms with E-state index in [0.717, 1.165) is 31.5 Å². The number of hydrogen-bond donors (Lipinski definition) is 2. The van der Waals surface area contributed by atoms with Crippen LogP contribution >= 0.6 is 11.6 Å². The molecule has 2 fully saturated rings. The van der Waals surface area contributed by atoms with Gasteiger partial charge < -0.3 is 20.6 Å². The van der Waals surface area contributed by atoms with Gasteiger partial charge in [-0.1, -0.05) is 23.7 Å². The molecule has 0 aromatic heterocycles. The van der Waals surface area contributed by atoms with Crippen molar-refractivity contribution in [1.29, 1.82) is 0 Å². The summed E-state index contributed by atoms with van der Waals surface area (Å²) in [5.74, 6) is -1.37. The summed E-state index contributed by atoms with van der Waals surface area (Å²) in [5.41, 5.74) is 7.07. The van der Waals surface area contributed by atoms with Gasteiger partial charge >= 0.3 is 5.97 Å². The van der Waals surface area contributed by atoms with Crippen LogP contribution < -0.4 is 5.73 Å². The number of hydrogen-bond acceptors (Lipinski definition) is 4. The minimum Gasteiger partial charge on any atom is -0.480 e. The maximum absolute atomic E-state index is 12.8. The molecule has 0 spiro atoms. The van der Waals surface area contributed by atoms with Gasteiger partial charge in [-0.25, -0.2) is 4.79 Å². The summed E-state index contributed by atoms with van der Waals surface area (Å²) in [6.07, 6.45) is 3.50. The SMILES string of the molecule is N[C@H](CCC(=O)N1CCCC1)C(=O)N1C[C@@H](Cc2cccc(Cl)c2)C[C@H]1C(=O)O. The monoisotopic (exact) mass is 421 g/mol. The lowest BCUT2D eigenvalue weighted by Crippen LogP contribution is -2.48. The Morgan fingerprint density at radius 2 is 1.97 bits per heavy atom. The number of amides is 2. The second-order valence-corrected chi connectivity index (χ2v) is 8.45. The second-order valence-electron chi connectivity index (χ2n) is 8.01. The molecule has 3 N–H and O–H groups in total. The summed E-state index contributed by atoms with van der Waals surface area (Å²) in [6.45, 7) is 1.87. The predicted octanol–water partition coefficient (Wildman–Crippen LogP) is 1.91. The summed E-state index contributed by atoms with van der Waals surface area (Å²) in [5, 5.41) is 10.2. The highest BCUT2D eigenvalue weighted by Crippen LogP contribution is 2.28. The number of nitrogens with zero attached hydrogens (tertiary/aromatic N) is 2. The molecule has 1 aromatic carbocycles. The lowest BCUT2D eigenvalue weighted by atomic mass is 9.97. The molecule has 7 nitrogen and oxygen atoms in total. The van der Waals surface area contributed by atoms with Gasteiger partial charge in [-0.15, -0.1) is 0 Å². The lowest BCUT2D eigenvalue weighted by molar-refractivity contribution is -0.148. The van der Waals surface area contributed by atoms with Crippen molar-refractivity contribution >= 4 is 29.4 Å². The van der Waals surface area contributed by atoms with E-state index in [2.05, 4.69) is 0 Å². The Kier molecular flexibility index (Phi) is 7.14. The van der Waals surface area contributed by atoms with Crippen LogP contribution in [0.2, 0.25) is 5.02 Å². The summed E-state index contributed by atoms with van der Waals surface area (Å²) >= 11 is 6.03. The predicted molar refractivity (Wildman–Crippen MR) is 109 cm³/mol. The second kappa shape index (κ2) is 9.59. The molecule has 29 heavy (non-hydrogen) atoms. The van der Waals surface area contributed by atoms with Gasteiger partial charge in [0.15, 0.2) is 0 Å². The van der Waals surface area contributed by atoms with Crippen molar-refractivity contribution in [3.63, 3.8) is 0 Å². The molecular weight excluding hydrogens is 394 g/mol. The summed E-state index contributed by atoms with van der Waals surface area (Å²) in [7, 11) is 0. The zero-order valence-electron chi connectivity index (χ0n) is 16.4. The van der Waals surface area contributed by atoms with Gasteiger partial charge in [0.2, 0.25) is 11.8 Å². The van der Waals surface area contributed by atoms with E-state index in [1.807, 2.05) is 18.2 Å². The Morgan fingerprint density at radius 1 is 1.24 bits per heavy atom. The van der Waals surface area contributed by atoms with Crippen LogP contribution in [0, 0.1) is 5.92 Å². The van der Waals surface area contributed by atoms with Crippen LogP contribution in [-0.4, -0.2) is 64.4 Å². The van der Waals surface area contributed by atoms with Gasteiger partial charge in [0.1, 0.15) is 6.04 Å². The maximum Gasteiger partial charge on any atom is 0.326 e. The van der Waals surface area contributed by atoms with E-state index >= 15 is 0 Å². The van der Waals surface area contributed by atoms with E-state index in [1.54, 1.807) is 11.0 Å². The Labute approximate surface area is 175 Å². The molecule has 3 atom stereocenters. The molecule has 2 aliphatic rings. The van der Waals surface area contributed by atoms with Gasteiger partial charge in [0.05, 0.1) is 6.04 Å². The third-order valence-corrected chi connectivity index (χ3v) is 6.05. The van der Waals surface area contributed by atoms with Crippen LogP contribution in [0.1, 0.15) is 37.7 Å². The molecule has 2 saturated heterocycles. The quantitative estimate of drug-likeness (QED) is 0.699. The van der Waals surface area contributed by atoms with Gasteiger partial charge in [-0.2, -0.15) is 0 Å². The molecular formula is C21H28ClN3O4. The number of aliphatic carboxylic acids is 1. The molecule has 1 aromatic rings. The van der Waals surface area contributed by atoms with Gasteiger partial charge in [-0.05, 0) is 55.7 Å². The van der Waals surface area contributed by atoms with Crippen LogP contribution in [0.25, 0.3) is 0 Å². The zero-order valence-corrected chi connectivity index (χ0v) is 17.2. The normalized spacial score (nSPS) is 22.7. The van der Waals surface area contributed by atoms with Crippen LogP contribution in [0.4, 0.5) is 0 Å². The van der Waals surface area contributed by atoms with Crippen LogP contribution in [0.5, 0.6) is 0 Å². The number of carbonyl (C=O) groups is 3. The van der Waals surface area contributed by atoms with E-state index in [-0.39, 0.29) is 30.6 Å². The van der Waals surface area contributed by atoms with Crippen molar-refractivity contribution in [2.24, 2.45) is 11.7 Å². The molecule has 2 heterocycles. The Morgan fingerprint density at radius 3 is 2.62 bits per heavy atom. The summed E-state index contributed by atoms with van der Waals surface area (Å²) < 4.78 is 0. The molecule has 0 bridgehead atoms. The van der Waals surface area contributed by atoms with Crippen LogP contribution in [-0.2, 0) is 20.8 Å². The molecule has 0 aliphatic carbocycles. The summed E-state index contributed by atoms with van der Waals surface area (Å²) in [4.78, 5) is 39.9. The van der Waals surface area contributed by atoms with Crippen molar-refractivity contribution in [3.05, 3.63) is 34.9 Å². The number of halogens is 1. The summed E-state index contributed by atoms with van der Waals surface area (Å²) in [6, 6.07) is 5.70. The third kappa shape index (κ3) is 5.48. The average Bonchev–Trinajstić information content (AvgIpc) is 3.35. The Bertz CT molecular complexity index is 766. The zero-order chi connectivity index (χ0) is 21.0. The maximum atomic E-state index is 12.8. The highest BCUT2D eigenvalue weighted by Gasteiger charge is 2.41. The largest absolute Gasteiger partial charge is 0.480 e. The Balaban J connectivity index is 1.58. The first-order valence-corrected chi connectivity index (χ1v) is 10.5. The molecule has 3 rings (SSSR count). The average molecular weight is 422 g/mol. The van der Waals surface area contributed by atoms with E-state index in [9.17, 15) is 19.5 Å². The molecule has 0 saturated carbocycles. The molecule has 8 heteroatoms. The van der Waals surface area contributed by atoms with E-state index in [0.29, 0.717) is 24.4 Å². The van der Waals surface area contributed by atoms with E-state index in [4.69, 9.17) is 17.3 Å². The number of carbonyl (C=O) groups excluding carboxylic acids is 2. The van der Waals surface area contributed by atoms with Crippen molar-refractivity contribution in [2.75, 3.05) is 19.6 Å². The molecule has 0 radical (unpaired) electrons. The number of carboxylic acids is 1. The van der Waals surface area contributed by atoms with Gasteiger partial charge in [-0.3, -0.25) is 9.59 Å². The first kappa shape index (κ1) is 21.6. The molecule has 2 aliphatic heterocycles. The standard InChI is InChI=1S/C21H28ClN3O4/c22-16-5-3-4-14(11-16)10-15-12-18(21(28)29)25(13-15)20(27)17(23)6-7-19(26)24-8-1-2-9-24/h3-5,11,15,17-18H,1-2,6-10,12-13,23H2,(H,28,29)/t15-,17+,18-/m0/s1. The minimum absolute atomic E-state index is 0.0146. The topological polar surface area (TPSA) is 104 Å². The van der Waals surface area contributed by atoms with Gasteiger partial charge in [0.25, 0.3) is 0 Å². The number of likely N-dealkylation sites (tertiary alicyclic amines) is 2. The first-order valence-electron chi connectivity index (χ1n) is 10.2. The molecule has 0 unspecified atom stereocenters. The Hall–Kier alpha value is -2.12. The molecule has 158 valence electrons. The number of benzene rings is 1. The van der Waals surface area contributed by atoms with E-state index < -0.39 is 18.1 Å². The third-order valence-electron chi connectivity index (χ3n) is 5.81. The fourth-order valence-corrected chi connectivity index (χ4v) is 4.50. The minimum atomic E-state index is -1.02. The molecule has 2 amide bonds. The van der Waals surface area contributed by atoms with Crippen molar-refractivity contribution in [1.82, 2.24) is 9.80 Å². The van der Waals surface area contributed by atoms with Crippen LogP contribution in [0.3, 0.4) is 0 Å². The number of nitrogens with two attached hydrogens (primary N) is 1. The highest BCUT2D eigenvalue weighted by atomic mass is 35.5. The van der Waals surface area contributed by atoms with Gasteiger partial charge in [0, 0.05) is 31.1 Å². The number of rotatable bonds is 7. The smallest absolute Gasteiger partial charge is 0.326 e. The van der Waals surface area contributed by atoms with Crippen molar-refractivity contribution in [2.45, 2.75) is 50.6 Å². The lowest BCUT2D eigenvalue weighted by Gasteiger charge is -2.25. The van der Waals surface area contributed by atoms with Crippen molar-refractivity contribution < 1.29 is 19.5 Å².